The molecule has 0 fully saturated rings. The van der Waals surface area contributed by atoms with Crippen LogP contribution in [0.3, 0.4) is 0 Å². The molecule has 1 aromatic rings. The summed E-state index contributed by atoms with van der Waals surface area (Å²) in [6.45, 7) is 2.63. The molecule has 1 amide bonds. The largest absolute Gasteiger partial charge is 0.385 e. The van der Waals surface area contributed by atoms with Gasteiger partial charge in [0.15, 0.2) is 0 Å². The van der Waals surface area contributed by atoms with Crippen LogP contribution in [0.4, 0.5) is 0 Å². The van der Waals surface area contributed by atoms with Crippen LogP contribution in [0.5, 0.6) is 0 Å². The quantitative estimate of drug-likeness (QED) is 0.725. The molecule has 3 N–H and O–H groups in total. The van der Waals surface area contributed by atoms with Crippen molar-refractivity contribution in [2.24, 2.45) is 5.73 Å². The molecule has 1 aromatic carbocycles. The van der Waals surface area contributed by atoms with Gasteiger partial charge in [-0.2, -0.15) is 0 Å². The average Bonchev–Trinajstić information content (AvgIpc) is 2.44. The fourth-order valence-electron chi connectivity index (χ4n) is 2.00. The fraction of sp³-hybridized carbons (Fsp3) is 0.533. The second-order valence-corrected chi connectivity index (χ2v) is 5.20. The molecule has 1 rings (SSSR count). The molecule has 20 heavy (non-hydrogen) atoms. The van der Waals surface area contributed by atoms with Gasteiger partial charge in [-0.1, -0.05) is 30.7 Å². The van der Waals surface area contributed by atoms with Crippen LogP contribution in [0.2, 0.25) is 5.02 Å². The second kappa shape index (κ2) is 8.95. The molecule has 0 spiro atoms. The van der Waals surface area contributed by atoms with Gasteiger partial charge in [-0.3, -0.25) is 4.79 Å². The molecule has 0 aliphatic heterocycles. The number of nitrogens with one attached hydrogen (secondary N) is 1. The van der Waals surface area contributed by atoms with E-state index in [-0.39, 0.29) is 11.9 Å². The molecule has 0 aliphatic rings. The molecular formula is C15H23ClN2O2. The molecule has 0 aromatic heterocycles. The number of carbonyl (C=O) groups is 1. The van der Waals surface area contributed by atoms with Crippen molar-refractivity contribution in [1.29, 1.82) is 0 Å². The molecular weight excluding hydrogens is 276 g/mol. The van der Waals surface area contributed by atoms with Gasteiger partial charge in [-0.25, -0.2) is 0 Å². The predicted octanol–water partition coefficient (Wildman–Crippen LogP) is 2.66. The molecule has 0 saturated carbocycles. The standard InChI is InChI=1S/C15H23ClN2O2/c1-3-14(11-6-4-7-12(16)10-11)18-15(19)13(17)8-5-9-20-2/h4,6-7,10,13-14H,3,5,8-9,17H2,1-2H3,(H,18,19). The zero-order valence-corrected chi connectivity index (χ0v) is 12.8. The molecule has 0 bridgehead atoms. The average molecular weight is 299 g/mol. The van der Waals surface area contributed by atoms with Gasteiger partial charge in [0, 0.05) is 18.7 Å². The second-order valence-electron chi connectivity index (χ2n) is 4.77. The molecule has 0 radical (unpaired) electrons. The summed E-state index contributed by atoms with van der Waals surface area (Å²) in [4.78, 5) is 12.1. The number of halogens is 1. The van der Waals surface area contributed by atoms with E-state index in [0.29, 0.717) is 18.1 Å². The van der Waals surface area contributed by atoms with E-state index in [1.807, 2.05) is 31.2 Å². The van der Waals surface area contributed by atoms with E-state index in [2.05, 4.69) is 5.32 Å². The van der Waals surface area contributed by atoms with Crippen LogP contribution in [0.1, 0.15) is 37.8 Å². The number of hydrogen-bond acceptors (Lipinski definition) is 3. The van der Waals surface area contributed by atoms with E-state index in [1.54, 1.807) is 7.11 Å². The van der Waals surface area contributed by atoms with Crippen molar-refractivity contribution < 1.29 is 9.53 Å². The smallest absolute Gasteiger partial charge is 0.237 e. The van der Waals surface area contributed by atoms with Crippen LogP contribution < -0.4 is 11.1 Å². The first kappa shape index (κ1) is 17.0. The van der Waals surface area contributed by atoms with Crippen LogP contribution in [0.25, 0.3) is 0 Å². The Balaban J connectivity index is 2.57. The van der Waals surface area contributed by atoms with Crippen molar-refractivity contribution in [2.45, 2.75) is 38.3 Å². The number of ether oxygens (including phenoxy) is 1. The first-order chi connectivity index (χ1) is 9.58. The van der Waals surface area contributed by atoms with Gasteiger partial charge in [0.1, 0.15) is 0 Å². The summed E-state index contributed by atoms with van der Waals surface area (Å²) in [5, 5.41) is 3.64. The van der Waals surface area contributed by atoms with Gasteiger partial charge in [0.2, 0.25) is 5.91 Å². The first-order valence-electron chi connectivity index (χ1n) is 6.88. The zero-order valence-electron chi connectivity index (χ0n) is 12.1. The summed E-state index contributed by atoms with van der Waals surface area (Å²) < 4.78 is 4.95. The van der Waals surface area contributed by atoms with Gasteiger partial charge in [0.05, 0.1) is 12.1 Å². The van der Waals surface area contributed by atoms with Gasteiger partial charge < -0.3 is 15.8 Å². The molecule has 0 heterocycles. The molecule has 0 aliphatic carbocycles. The highest BCUT2D eigenvalue weighted by Crippen LogP contribution is 2.20. The van der Waals surface area contributed by atoms with Crippen LogP contribution in [0, 0.1) is 0 Å². The number of nitrogens with two attached hydrogens (primary N) is 1. The number of rotatable bonds is 8. The highest BCUT2D eigenvalue weighted by molar-refractivity contribution is 6.30. The fourth-order valence-corrected chi connectivity index (χ4v) is 2.20. The van der Waals surface area contributed by atoms with Crippen molar-refractivity contribution in [3.8, 4) is 0 Å². The molecule has 4 nitrogen and oxygen atoms in total. The Morgan fingerprint density at radius 1 is 1.50 bits per heavy atom. The Morgan fingerprint density at radius 3 is 2.85 bits per heavy atom. The molecule has 112 valence electrons. The Morgan fingerprint density at radius 2 is 2.25 bits per heavy atom. The summed E-state index contributed by atoms with van der Waals surface area (Å²) in [6.07, 6.45) is 2.18. The third-order valence-electron chi connectivity index (χ3n) is 3.18. The minimum atomic E-state index is -0.501. The Hall–Kier alpha value is -1.10. The Kier molecular flexibility index (Phi) is 7.59. The van der Waals surface area contributed by atoms with Gasteiger partial charge in [0.25, 0.3) is 0 Å². The van der Waals surface area contributed by atoms with Crippen LogP contribution in [0.15, 0.2) is 24.3 Å². The summed E-state index contributed by atoms with van der Waals surface area (Å²) in [5.41, 5.74) is 6.87. The number of methoxy groups -OCH3 is 1. The topological polar surface area (TPSA) is 64.4 Å². The van der Waals surface area contributed by atoms with Crippen molar-refractivity contribution >= 4 is 17.5 Å². The van der Waals surface area contributed by atoms with Gasteiger partial charge in [-0.05, 0) is 37.0 Å². The SMILES string of the molecule is CCC(NC(=O)C(N)CCCOC)c1cccc(Cl)c1. The summed E-state index contributed by atoms with van der Waals surface area (Å²) >= 11 is 5.98. The first-order valence-corrected chi connectivity index (χ1v) is 7.26. The highest BCUT2D eigenvalue weighted by Gasteiger charge is 2.18. The summed E-state index contributed by atoms with van der Waals surface area (Å²) in [5.74, 6) is -0.132. The maximum Gasteiger partial charge on any atom is 0.237 e. The molecule has 2 unspecified atom stereocenters. The maximum atomic E-state index is 12.1. The third-order valence-corrected chi connectivity index (χ3v) is 3.41. The lowest BCUT2D eigenvalue weighted by Crippen LogP contribution is -2.42. The third kappa shape index (κ3) is 5.49. The molecule has 0 saturated heterocycles. The Labute approximate surface area is 125 Å². The molecule has 2 atom stereocenters. The molecule has 5 heteroatoms. The number of amides is 1. The van der Waals surface area contributed by atoms with E-state index in [4.69, 9.17) is 22.1 Å². The number of benzene rings is 1. The zero-order chi connectivity index (χ0) is 15.0. The van der Waals surface area contributed by atoms with Crippen LogP contribution in [-0.4, -0.2) is 25.7 Å². The number of hydrogen-bond donors (Lipinski definition) is 2. The van der Waals surface area contributed by atoms with Gasteiger partial charge >= 0.3 is 0 Å². The highest BCUT2D eigenvalue weighted by atomic mass is 35.5. The van der Waals surface area contributed by atoms with Crippen molar-refractivity contribution in [1.82, 2.24) is 5.32 Å². The minimum Gasteiger partial charge on any atom is -0.385 e. The monoisotopic (exact) mass is 298 g/mol. The number of carbonyl (C=O) groups excluding carboxylic acids is 1. The normalized spacial score (nSPS) is 13.8. The minimum absolute atomic E-state index is 0.0605. The van der Waals surface area contributed by atoms with Crippen LogP contribution >= 0.6 is 11.6 Å². The summed E-state index contributed by atoms with van der Waals surface area (Å²) in [7, 11) is 1.64. The van der Waals surface area contributed by atoms with E-state index in [9.17, 15) is 4.79 Å². The summed E-state index contributed by atoms with van der Waals surface area (Å²) in [6, 6.07) is 6.96. The Bertz CT molecular complexity index is 426. The van der Waals surface area contributed by atoms with Crippen molar-refractivity contribution in [3.05, 3.63) is 34.9 Å². The van der Waals surface area contributed by atoms with Crippen LogP contribution in [-0.2, 0) is 9.53 Å². The van der Waals surface area contributed by atoms with E-state index in [0.717, 1.165) is 18.4 Å². The van der Waals surface area contributed by atoms with E-state index in [1.165, 1.54) is 0 Å². The van der Waals surface area contributed by atoms with Crippen molar-refractivity contribution in [2.75, 3.05) is 13.7 Å². The van der Waals surface area contributed by atoms with E-state index < -0.39 is 6.04 Å². The lowest BCUT2D eigenvalue weighted by atomic mass is 10.0. The predicted molar refractivity (Wildman–Crippen MR) is 81.7 cm³/mol. The van der Waals surface area contributed by atoms with E-state index >= 15 is 0 Å². The van der Waals surface area contributed by atoms with Crippen molar-refractivity contribution in [3.63, 3.8) is 0 Å². The lowest BCUT2D eigenvalue weighted by Gasteiger charge is -2.20. The maximum absolute atomic E-state index is 12.1. The lowest BCUT2D eigenvalue weighted by molar-refractivity contribution is -0.123. The van der Waals surface area contributed by atoms with Gasteiger partial charge in [-0.15, -0.1) is 0 Å².